The van der Waals surface area contributed by atoms with Crippen molar-refractivity contribution in [3.63, 3.8) is 0 Å². The Kier molecular flexibility index (Phi) is 2.73. The smallest absolute Gasteiger partial charge is 0.0699 e. The number of hydrogen-bond donors (Lipinski definition) is 1. The second-order valence-corrected chi connectivity index (χ2v) is 7.34. The van der Waals surface area contributed by atoms with E-state index in [-0.39, 0.29) is 0 Å². The monoisotopic (exact) mass is 259 g/mol. The van der Waals surface area contributed by atoms with Crippen LogP contribution in [0.1, 0.15) is 44.6 Å². The third kappa shape index (κ3) is 1.85. The molecule has 1 heterocycles. The van der Waals surface area contributed by atoms with Crippen LogP contribution in [0.4, 0.5) is 0 Å². The molecule has 5 rings (SSSR count). The summed E-state index contributed by atoms with van der Waals surface area (Å²) in [4.78, 5) is 0. The van der Waals surface area contributed by atoms with Gasteiger partial charge in [-0.2, -0.15) is 5.10 Å². The molecule has 4 aliphatic rings. The zero-order chi connectivity index (χ0) is 12.9. The summed E-state index contributed by atoms with van der Waals surface area (Å²) >= 11 is 0. The number of nitrogens with one attached hydrogen (secondary N) is 1. The van der Waals surface area contributed by atoms with Crippen LogP contribution in [-0.2, 0) is 0 Å². The van der Waals surface area contributed by atoms with E-state index in [2.05, 4.69) is 34.4 Å². The van der Waals surface area contributed by atoms with E-state index in [9.17, 15) is 0 Å². The van der Waals surface area contributed by atoms with Crippen molar-refractivity contribution >= 4 is 0 Å². The maximum atomic E-state index is 4.57. The molecule has 4 bridgehead atoms. The lowest BCUT2D eigenvalue weighted by Gasteiger charge is -2.59. The largest absolute Gasteiger partial charge is 0.318 e. The summed E-state index contributed by atoms with van der Waals surface area (Å²) in [5.74, 6) is 3.04. The first kappa shape index (κ1) is 12.0. The van der Waals surface area contributed by atoms with Gasteiger partial charge in [-0.15, -0.1) is 0 Å². The van der Waals surface area contributed by atoms with Crippen LogP contribution in [0, 0.1) is 23.2 Å². The van der Waals surface area contributed by atoms with E-state index in [1.165, 1.54) is 38.5 Å². The maximum Gasteiger partial charge on any atom is 0.0699 e. The normalized spacial score (nSPS) is 41.6. The zero-order valence-corrected chi connectivity index (χ0v) is 11.9. The third-order valence-electron chi connectivity index (χ3n) is 6.03. The second kappa shape index (κ2) is 4.34. The molecule has 19 heavy (non-hydrogen) atoms. The lowest BCUT2D eigenvalue weighted by molar-refractivity contribution is -0.0842. The first-order valence-electron chi connectivity index (χ1n) is 7.93. The van der Waals surface area contributed by atoms with Crippen LogP contribution in [-0.4, -0.2) is 23.4 Å². The average molecular weight is 259 g/mol. The molecule has 4 saturated carbocycles. The van der Waals surface area contributed by atoms with Crippen LogP contribution in [0.25, 0.3) is 0 Å². The van der Waals surface area contributed by atoms with Gasteiger partial charge < -0.3 is 5.32 Å². The molecule has 0 saturated heterocycles. The Morgan fingerprint density at radius 1 is 1.21 bits per heavy atom. The lowest BCUT2D eigenvalue weighted by atomic mass is 9.47. The summed E-state index contributed by atoms with van der Waals surface area (Å²) < 4.78 is 2.24. The number of hydrogen-bond acceptors (Lipinski definition) is 2. The van der Waals surface area contributed by atoms with E-state index in [0.717, 1.165) is 24.3 Å². The van der Waals surface area contributed by atoms with Gasteiger partial charge in [-0.25, -0.2) is 0 Å². The van der Waals surface area contributed by atoms with Crippen molar-refractivity contribution in [3.8, 4) is 0 Å². The van der Waals surface area contributed by atoms with Crippen molar-refractivity contribution in [2.45, 2.75) is 44.6 Å². The molecular weight excluding hydrogens is 234 g/mol. The van der Waals surface area contributed by atoms with Gasteiger partial charge in [0.1, 0.15) is 0 Å². The van der Waals surface area contributed by atoms with Crippen LogP contribution in [0.2, 0.25) is 0 Å². The van der Waals surface area contributed by atoms with Gasteiger partial charge in [-0.1, -0.05) is 0 Å². The second-order valence-electron chi connectivity index (χ2n) is 7.34. The Morgan fingerprint density at radius 3 is 2.32 bits per heavy atom. The molecule has 104 valence electrons. The fourth-order valence-corrected chi connectivity index (χ4v) is 5.83. The van der Waals surface area contributed by atoms with Crippen molar-refractivity contribution in [1.29, 1.82) is 0 Å². The highest BCUT2D eigenvalue weighted by Crippen LogP contribution is 2.63. The number of likely N-dealkylation sites (N-methyl/N-ethyl adjacent to an activating group) is 1. The highest BCUT2D eigenvalue weighted by Gasteiger charge is 2.54. The Labute approximate surface area is 115 Å². The van der Waals surface area contributed by atoms with Crippen LogP contribution in [0.15, 0.2) is 18.5 Å². The van der Waals surface area contributed by atoms with Gasteiger partial charge in [-0.3, -0.25) is 4.68 Å². The minimum absolute atomic E-state index is 0.532. The predicted molar refractivity (Wildman–Crippen MR) is 75.8 cm³/mol. The molecule has 1 atom stereocenters. The van der Waals surface area contributed by atoms with Crippen molar-refractivity contribution < 1.29 is 0 Å². The fraction of sp³-hybridized carbons (Fsp3) is 0.812. The van der Waals surface area contributed by atoms with Gasteiger partial charge in [0.15, 0.2) is 0 Å². The number of nitrogens with zero attached hydrogens (tertiary/aromatic N) is 2. The molecule has 1 aromatic heterocycles. The van der Waals surface area contributed by atoms with E-state index in [0.29, 0.717) is 11.5 Å². The molecule has 0 radical (unpaired) electrons. The summed E-state index contributed by atoms with van der Waals surface area (Å²) in [5, 5.41) is 7.99. The van der Waals surface area contributed by atoms with Crippen LogP contribution >= 0.6 is 0 Å². The highest BCUT2D eigenvalue weighted by atomic mass is 15.3. The van der Waals surface area contributed by atoms with Crippen LogP contribution in [0.3, 0.4) is 0 Å². The van der Waals surface area contributed by atoms with E-state index in [1.807, 2.05) is 6.20 Å². The van der Waals surface area contributed by atoms with Crippen molar-refractivity contribution in [1.82, 2.24) is 15.1 Å². The Morgan fingerprint density at radius 2 is 1.84 bits per heavy atom. The van der Waals surface area contributed by atoms with E-state index >= 15 is 0 Å². The van der Waals surface area contributed by atoms with Gasteiger partial charge >= 0.3 is 0 Å². The first-order chi connectivity index (χ1) is 9.29. The van der Waals surface area contributed by atoms with Crippen LogP contribution < -0.4 is 5.32 Å². The van der Waals surface area contributed by atoms with E-state index < -0.39 is 0 Å². The average Bonchev–Trinajstić information content (AvgIpc) is 2.87. The Balaban J connectivity index is 1.68. The standard InChI is InChI=1S/C16H25N3/c1-17-11-15(19-4-2-3-18-19)16-8-12-5-13(9-16)7-14(6-12)10-16/h2-4,12-15,17H,5-11H2,1H3. The minimum Gasteiger partial charge on any atom is -0.318 e. The topological polar surface area (TPSA) is 29.9 Å². The molecule has 1 N–H and O–H groups in total. The van der Waals surface area contributed by atoms with Gasteiger partial charge in [0, 0.05) is 18.9 Å². The molecule has 0 aromatic carbocycles. The first-order valence-corrected chi connectivity index (χ1v) is 7.93. The van der Waals surface area contributed by atoms with E-state index in [1.54, 1.807) is 0 Å². The van der Waals surface area contributed by atoms with Gasteiger partial charge in [0.2, 0.25) is 0 Å². The highest BCUT2D eigenvalue weighted by molar-refractivity contribution is 5.06. The molecule has 4 aliphatic carbocycles. The molecular formula is C16H25N3. The SMILES string of the molecule is CNCC(n1cccn1)C12CC3CC(CC(C3)C1)C2. The van der Waals surface area contributed by atoms with Crippen molar-refractivity contribution in [2.24, 2.45) is 23.2 Å². The molecule has 4 fully saturated rings. The lowest BCUT2D eigenvalue weighted by Crippen LogP contribution is -2.52. The summed E-state index contributed by atoms with van der Waals surface area (Å²) in [6.07, 6.45) is 13.0. The summed E-state index contributed by atoms with van der Waals surface area (Å²) in [5.41, 5.74) is 0.532. The quantitative estimate of drug-likeness (QED) is 0.901. The summed E-state index contributed by atoms with van der Waals surface area (Å²) in [6.45, 7) is 1.06. The van der Waals surface area contributed by atoms with Crippen LogP contribution in [0.5, 0.6) is 0 Å². The summed E-state index contributed by atoms with van der Waals surface area (Å²) in [7, 11) is 2.08. The maximum absolute atomic E-state index is 4.57. The van der Waals surface area contributed by atoms with Gasteiger partial charge in [0.05, 0.1) is 6.04 Å². The number of aromatic nitrogens is 2. The van der Waals surface area contributed by atoms with Crippen molar-refractivity contribution in [2.75, 3.05) is 13.6 Å². The fourth-order valence-electron chi connectivity index (χ4n) is 5.83. The molecule has 1 unspecified atom stereocenters. The minimum atomic E-state index is 0.532. The third-order valence-corrected chi connectivity index (χ3v) is 6.03. The predicted octanol–water partition coefficient (Wildman–Crippen LogP) is 2.86. The van der Waals surface area contributed by atoms with Crippen molar-refractivity contribution in [3.05, 3.63) is 18.5 Å². The summed E-state index contributed by atoms with van der Waals surface area (Å²) in [6, 6.07) is 2.63. The molecule has 0 spiro atoms. The Bertz CT molecular complexity index is 402. The molecule has 0 aliphatic heterocycles. The van der Waals surface area contributed by atoms with E-state index in [4.69, 9.17) is 0 Å². The number of rotatable bonds is 4. The molecule has 3 heteroatoms. The molecule has 3 nitrogen and oxygen atoms in total. The molecule has 1 aromatic rings. The van der Waals surface area contributed by atoms with Gasteiger partial charge in [0.25, 0.3) is 0 Å². The zero-order valence-electron chi connectivity index (χ0n) is 11.9. The molecule has 0 amide bonds. The Hall–Kier alpha value is -0.830. The van der Waals surface area contributed by atoms with Gasteiger partial charge in [-0.05, 0) is 74.8 Å².